The number of hydrogen-bond donors (Lipinski definition) is 2. The van der Waals surface area contributed by atoms with Gasteiger partial charge in [-0.15, -0.1) is 0 Å². The van der Waals surface area contributed by atoms with Crippen LogP contribution in [0.1, 0.15) is 12.8 Å². The van der Waals surface area contributed by atoms with Crippen LogP contribution in [0.3, 0.4) is 0 Å². The summed E-state index contributed by atoms with van der Waals surface area (Å²) in [4.78, 5) is 11.3. The van der Waals surface area contributed by atoms with E-state index in [4.69, 9.17) is 33.0 Å². The van der Waals surface area contributed by atoms with Crippen LogP contribution in [0.5, 0.6) is 5.75 Å². The van der Waals surface area contributed by atoms with E-state index in [9.17, 15) is 4.79 Å². The van der Waals surface area contributed by atoms with Crippen LogP contribution in [-0.4, -0.2) is 30.8 Å². The molecule has 1 aromatic rings. The first-order valence-electron chi connectivity index (χ1n) is 5.59. The van der Waals surface area contributed by atoms with E-state index in [1.54, 1.807) is 18.2 Å². The van der Waals surface area contributed by atoms with Crippen molar-refractivity contribution in [2.24, 2.45) is 0 Å². The Kier molecular flexibility index (Phi) is 6.86. The first kappa shape index (κ1) is 15.1. The van der Waals surface area contributed by atoms with Gasteiger partial charge in [0.1, 0.15) is 5.75 Å². The molecule has 100 valence electrons. The molecule has 0 fully saturated rings. The smallest absolute Gasteiger partial charge is 0.223 e. The molecule has 4 nitrogen and oxygen atoms in total. The van der Waals surface area contributed by atoms with Crippen molar-refractivity contribution >= 4 is 29.1 Å². The van der Waals surface area contributed by atoms with Crippen molar-refractivity contribution < 1.29 is 14.6 Å². The minimum absolute atomic E-state index is 0.0695. The molecule has 0 saturated carbocycles. The summed E-state index contributed by atoms with van der Waals surface area (Å²) in [6.45, 7) is 0.811. The Hall–Kier alpha value is -0.970. The fourth-order valence-electron chi connectivity index (χ4n) is 1.22. The third-order valence-corrected chi connectivity index (χ3v) is 2.89. The Morgan fingerprint density at radius 3 is 2.78 bits per heavy atom. The number of carbonyl (C=O) groups is 1. The van der Waals surface area contributed by atoms with E-state index >= 15 is 0 Å². The molecule has 0 aliphatic heterocycles. The second-order valence-electron chi connectivity index (χ2n) is 3.60. The van der Waals surface area contributed by atoms with Crippen molar-refractivity contribution in [2.75, 3.05) is 19.8 Å². The Morgan fingerprint density at radius 2 is 2.11 bits per heavy atom. The van der Waals surface area contributed by atoms with E-state index in [1.165, 1.54) is 0 Å². The van der Waals surface area contributed by atoms with E-state index < -0.39 is 0 Å². The van der Waals surface area contributed by atoms with Crippen molar-refractivity contribution in [1.82, 2.24) is 5.32 Å². The molecule has 1 amide bonds. The normalized spacial score (nSPS) is 10.2. The van der Waals surface area contributed by atoms with Gasteiger partial charge in [-0.2, -0.15) is 0 Å². The van der Waals surface area contributed by atoms with E-state index in [0.717, 1.165) is 0 Å². The van der Waals surface area contributed by atoms with Crippen molar-refractivity contribution in [3.8, 4) is 5.75 Å². The summed E-state index contributed by atoms with van der Waals surface area (Å²) in [6.07, 6.45) is 0.811. The van der Waals surface area contributed by atoms with Crippen LogP contribution in [0.2, 0.25) is 10.0 Å². The molecule has 0 unspecified atom stereocenters. The fourth-order valence-corrected chi connectivity index (χ4v) is 1.51. The van der Waals surface area contributed by atoms with Crippen molar-refractivity contribution in [3.05, 3.63) is 28.2 Å². The Morgan fingerprint density at radius 1 is 1.33 bits per heavy atom. The number of hydrogen-bond acceptors (Lipinski definition) is 3. The number of benzene rings is 1. The number of nitrogens with one attached hydrogen (secondary N) is 1. The third-order valence-electron chi connectivity index (χ3n) is 2.15. The molecule has 0 spiro atoms. The average molecular weight is 292 g/mol. The molecule has 0 aliphatic carbocycles. The van der Waals surface area contributed by atoms with Crippen LogP contribution >= 0.6 is 23.2 Å². The number of ether oxygens (including phenoxy) is 1. The van der Waals surface area contributed by atoms with Crippen molar-refractivity contribution in [2.45, 2.75) is 12.8 Å². The highest BCUT2D eigenvalue weighted by molar-refractivity contribution is 6.42. The van der Waals surface area contributed by atoms with Crippen LogP contribution in [-0.2, 0) is 4.79 Å². The molecular formula is C12H15Cl2NO3. The molecule has 1 rings (SSSR count). The fraction of sp³-hybridized carbons (Fsp3) is 0.417. The molecule has 18 heavy (non-hydrogen) atoms. The van der Waals surface area contributed by atoms with Crippen molar-refractivity contribution in [3.63, 3.8) is 0 Å². The summed E-state index contributed by atoms with van der Waals surface area (Å²) >= 11 is 11.6. The number of halogens is 2. The van der Waals surface area contributed by atoms with Gasteiger partial charge >= 0.3 is 0 Å². The van der Waals surface area contributed by atoms with Gasteiger partial charge in [-0.1, -0.05) is 23.2 Å². The largest absolute Gasteiger partial charge is 0.493 e. The molecule has 2 N–H and O–H groups in total. The highest BCUT2D eigenvalue weighted by Crippen LogP contribution is 2.26. The zero-order valence-electron chi connectivity index (χ0n) is 9.79. The maximum Gasteiger partial charge on any atom is 0.223 e. The van der Waals surface area contributed by atoms with Gasteiger partial charge in [0.15, 0.2) is 0 Å². The van der Waals surface area contributed by atoms with Crippen LogP contribution < -0.4 is 10.1 Å². The predicted octanol–water partition coefficient (Wildman–Crippen LogP) is 2.26. The number of rotatable bonds is 7. The van der Waals surface area contributed by atoms with Crippen LogP contribution in [0.15, 0.2) is 18.2 Å². The van der Waals surface area contributed by atoms with E-state index in [0.29, 0.717) is 28.8 Å². The summed E-state index contributed by atoms with van der Waals surface area (Å²) in [5, 5.41) is 12.1. The quantitative estimate of drug-likeness (QED) is 0.758. The van der Waals surface area contributed by atoms with Gasteiger partial charge in [0.05, 0.1) is 23.1 Å². The number of carbonyl (C=O) groups excluding carboxylic acids is 1. The Balaban J connectivity index is 2.24. The topological polar surface area (TPSA) is 58.6 Å². The van der Waals surface area contributed by atoms with Crippen LogP contribution in [0, 0.1) is 0 Å². The monoisotopic (exact) mass is 291 g/mol. The van der Waals surface area contributed by atoms with Gasteiger partial charge in [0.2, 0.25) is 5.91 Å². The molecule has 0 bridgehead atoms. The molecule has 0 aromatic heterocycles. The van der Waals surface area contributed by atoms with E-state index in [2.05, 4.69) is 5.32 Å². The number of amides is 1. The summed E-state index contributed by atoms with van der Waals surface area (Å²) in [6, 6.07) is 4.94. The van der Waals surface area contributed by atoms with Crippen LogP contribution in [0.25, 0.3) is 0 Å². The first-order valence-corrected chi connectivity index (χ1v) is 6.34. The second kappa shape index (κ2) is 8.19. The lowest BCUT2D eigenvalue weighted by molar-refractivity contribution is -0.121. The van der Waals surface area contributed by atoms with Gasteiger partial charge in [0, 0.05) is 19.2 Å². The van der Waals surface area contributed by atoms with Gasteiger partial charge < -0.3 is 15.2 Å². The maximum absolute atomic E-state index is 11.3. The number of aliphatic hydroxyl groups excluding tert-OH is 1. The minimum Gasteiger partial charge on any atom is -0.493 e. The summed E-state index contributed by atoms with van der Waals surface area (Å²) in [5.74, 6) is 0.469. The lowest BCUT2D eigenvalue weighted by Crippen LogP contribution is -2.26. The molecule has 0 heterocycles. The molecule has 0 atom stereocenters. The second-order valence-corrected chi connectivity index (χ2v) is 4.42. The minimum atomic E-state index is -0.108. The van der Waals surface area contributed by atoms with Crippen molar-refractivity contribution in [1.29, 1.82) is 0 Å². The lowest BCUT2D eigenvalue weighted by atomic mass is 10.3. The third kappa shape index (κ3) is 5.58. The molecule has 0 radical (unpaired) electrons. The summed E-state index contributed by atoms with van der Waals surface area (Å²) in [7, 11) is 0. The van der Waals surface area contributed by atoms with Gasteiger partial charge in [-0.3, -0.25) is 4.79 Å². The molecule has 0 aliphatic rings. The zero-order chi connectivity index (χ0) is 13.4. The molecular weight excluding hydrogens is 277 g/mol. The SMILES string of the molecule is O=C(CCOc1ccc(Cl)c(Cl)c1)NCCCO. The van der Waals surface area contributed by atoms with Gasteiger partial charge in [0.25, 0.3) is 0 Å². The average Bonchev–Trinajstić information content (AvgIpc) is 2.34. The molecule has 6 heteroatoms. The van der Waals surface area contributed by atoms with Crippen LogP contribution in [0.4, 0.5) is 0 Å². The highest BCUT2D eigenvalue weighted by Gasteiger charge is 2.03. The van der Waals surface area contributed by atoms with Gasteiger partial charge in [-0.05, 0) is 18.6 Å². The molecule has 0 saturated heterocycles. The number of aliphatic hydroxyl groups is 1. The van der Waals surface area contributed by atoms with E-state index in [-0.39, 0.29) is 25.5 Å². The highest BCUT2D eigenvalue weighted by atomic mass is 35.5. The van der Waals surface area contributed by atoms with Gasteiger partial charge in [-0.25, -0.2) is 0 Å². The Bertz CT molecular complexity index is 399. The predicted molar refractivity (Wildman–Crippen MR) is 71.3 cm³/mol. The zero-order valence-corrected chi connectivity index (χ0v) is 11.3. The van der Waals surface area contributed by atoms with E-state index in [1.807, 2.05) is 0 Å². The first-order chi connectivity index (χ1) is 8.63. The summed E-state index contributed by atoms with van der Waals surface area (Å²) < 4.78 is 5.37. The summed E-state index contributed by atoms with van der Waals surface area (Å²) in [5.41, 5.74) is 0. The molecule has 1 aromatic carbocycles. The lowest BCUT2D eigenvalue weighted by Gasteiger charge is -2.07. The maximum atomic E-state index is 11.3. The Labute approximate surface area is 116 Å². The standard InChI is InChI=1S/C12H15Cl2NO3/c13-10-3-2-9(8-11(10)14)18-7-4-12(17)15-5-1-6-16/h2-3,8,16H,1,4-7H2,(H,15,17).